The molecular formula is C28H20O20W. The second-order valence-electron chi connectivity index (χ2n) is 8.60. The Bertz CT molecular complexity index is 1510. The van der Waals surface area contributed by atoms with E-state index >= 15 is 0 Å². The number of hydrogen-bond donors (Lipinski definition) is 12. The van der Waals surface area contributed by atoms with Gasteiger partial charge in [0.15, 0.2) is 69.0 Å². The molecule has 0 aliphatic heterocycles. The molecule has 0 unspecified atom stereocenters. The average molecular weight is 860 g/mol. The minimum Gasteiger partial charge on any atom is -0.545 e. The summed E-state index contributed by atoms with van der Waals surface area (Å²) in [6.45, 7) is 0. The number of carboxylic acid groups (broad SMARTS) is 4. The molecule has 4 rings (SSSR count). The summed E-state index contributed by atoms with van der Waals surface area (Å²) in [7, 11) is 0. The van der Waals surface area contributed by atoms with Crippen molar-refractivity contribution >= 4 is 23.9 Å². The summed E-state index contributed by atoms with van der Waals surface area (Å²) >= 11 is 0. The number of rotatable bonds is 4. The van der Waals surface area contributed by atoms with E-state index in [1.54, 1.807) is 0 Å². The molecule has 4 aromatic carbocycles. The number of aromatic hydroxyl groups is 12. The van der Waals surface area contributed by atoms with Crippen LogP contribution in [0, 0.1) is 0 Å². The van der Waals surface area contributed by atoms with Crippen LogP contribution in [0.1, 0.15) is 41.4 Å². The monoisotopic (exact) mass is 860 g/mol. The third kappa shape index (κ3) is 11.7. The molecule has 0 heterocycles. The predicted molar refractivity (Wildman–Crippen MR) is 143 cm³/mol. The van der Waals surface area contributed by atoms with Crippen molar-refractivity contribution in [1.82, 2.24) is 0 Å². The van der Waals surface area contributed by atoms with Gasteiger partial charge in [-0.3, -0.25) is 0 Å². The summed E-state index contributed by atoms with van der Waals surface area (Å²) in [6.07, 6.45) is 0. The van der Waals surface area contributed by atoms with Crippen LogP contribution in [-0.4, -0.2) is 85.2 Å². The van der Waals surface area contributed by atoms with Crippen molar-refractivity contribution in [3.8, 4) is 69.0 Å². The zero-order valence-corrected chi connectivity index (χ0v) is 26.6. The third-order valence-electron chi connectivity index (χ3n) is 5.22. The van der Waals surface area contributed by atoms with E-state index in [0.29, 0.717) is 0 Å². The Kier molecular flexibility index (Phi) is 15.2. The summed E-state index contributed by atoms with van der Waals surface area (Å²) in [6, 6.07) is 6.26. The summed E-state index contributed by atoms with van der Waals surface area (Å²) in [5, 5.41) is 147. The van der Waals surface area contributed by atoms with Crippen molar-refractivity contribution in [2.45, 2.75) is 0 Å². The fourth-order valence-electron chi connectivity index (χ4n) is 2.89. The van der Waals surface area contributed by atoms with Gasteiger partial charge in [0.1, 0.15) is 0 Å². The fraction of sp³-hybridized carbons (Fsp3) is 0. The first kappa shape index (κ1) is 42.0. The van der Waals surface area contributed by atoms with E-state index in [1.165, 1.54) is 0 Å². The maximum Gasteiger partial charge on any atom is 4.00 e. The van der Waals surface area contributed by atoms with Crippen LogP contribution in [-0.2, 0) is 21.1 Å². The average Bonchev–Trinajstić information content (AvgIpc) is 2.99. The van der Waals surface area contributed by atoms with Crippen LogP contribution in [0.25, 0.3) is 0 Å². The summed E-state index contributed by atoms with van der Waals surface area (Å²) in [4.78, 5) is 40.8. The van der Waals surface area contributed by atoms with Crippen molar-refractivity contribution < 1.29 is 122 Å². The summed E-state index contributed by atoms with van der Waals surface area (Å²) < 4.78 is 0. The van der Waals surface area contributed by atoms with Gasteiger partial charge in [-0.1, -0.05) is 0 Å². The van der Waals surface area contributed by atoms with Crippen LogP contribution in [0.5, 0.6) is 69.0 Å². The Labute approximate surface area is 285 Å². The molecule has 49 heavy (non-hydrogen) atoms. The van der Waals surface area contributed by atoms with E-state index in [9.17, 15) is 39.6 Å². The van der Waals surface area contributed by atoms with Gasteiger partial charge in [0.2, 0.25) is 0 Å². The Morgan fingerprint density at radius 3 is 0.490 bits per heavy atom. The first-order valence-corrected chi connectivity index (χ1v) is 11.9. The van der Waals surface area contributed by atoms with Gasteiger partial charge in [-0.15, -0.1) is 0 Å². The normalized spacial score (nSPS) is 9.47. The van der Waals surface area contributed by atoms with Crippen LogP contribution in [0.15, 0.2) is 48.5 Å². The molecule has 0 aromatic heterocycles. The predicted octanol–water partition coefficient (Wildman–Crippen LogP) is -3.33. The van der Waals surface area contributed by atoms with Gasteiger partial charge in [0.05, 0.1) is 23.9 Å². The summed E-state index contributed by atoms with van der Waals surface area (Å²) in [5.41, 5.74) is -1.60. The molecule has 0 aliphatic carbocycles. The molecule has 0 amide bonds. The van der Waals surface area contributed by atoms with Crippen molar-refractivity contribution in [2.75, 3.05) is 0 Å². The second kappa shape index (κ2) is 17.7. The smallest absolute Gasteiger partial charge is 0.545 e. The third-order valence-corrected chi connectivity index (χ3v) is 5.22. The zero-order chi connectivity index (χ0) is 37.2. The number of carbonyl (C=O) groups is 4. The number of carboxylic acids is 4. The van der Waals surface area contributed by atoms with Gasteiger partial charge in [0.25, 0.3) is 0 Å². The van der Waals surface area contributed by atoms with E-state index in [-0.39, 0.29) is 21.1 Å². The first-order valence-electron chi connectivity index (χ1n) is 11.9. The Morgan fingerprint density at radius 2 is 0.408 bits per heavy atom. The van der Waals surface area contributed by atoms with E-state index in [4.69, 9.17) is 61.3 Å². The second-order valence-corrected chi connectivity index (χ2v) is 8.60. The van der Waals surface area contributed by atoms with Crippen LogP contribution in [0.3, 0.4) is 0 Å². The number of phenols is 12. The van der Waals surface area contributed by atoms with Crippen molar-refractivity contribution in [2.24, 2.45) is 0 Å². The van der Waals surface area contributed by atoms with Gasteiger partial charge in [-0.05, 0) is 48.5 Å². The molecule has 20 nitrogen and oxygen atoms in total. The number of phenolic OH excluding ortho intramolecular Hbond substituents is 12. The number of aromatic carboxylic acids is 4. The SMILES string of the molecule is O=C([O-])c1cc(O)c(O)c(O)c1.O=C([O-])c1cc(O)c(O)c(O)c1.O=C([O-])c1cc(O)c(O)c(O)c1.O=C([O-])c1cc(O)c(O)c(O)c1.[W+4]. The van der Waals surface area contributed by atoms with Gasteiger partial charge in [-0.25, -0.2) is 0 Å². The van der Waals surface area contributed by atoms with Gasteiger partial charge < -0.3 is 101 Å². The van der Waals surface area contributed by atoms with E-state index in [2.05, 4.69) is 0 Å². The largest absolute Gasteiger partial charge is 4.00 e. The van der Waals surface area contributed by atoms with Crippen LogP contribution >= 0.6 is 0 Å². The van der Waals surface area contributed by atoms with Crippen molar-refractivity contribution in [1.29, 1.82) is 0 Å². The van der Waals surface area contributed by atoms with E-state index in [0.717, 1.165) is 48.5 Å². The molecule has 0 atom stereocenters. The van der Waals surface area contributed by atoms with Crippen LogP contribution < -0.4 is 20.4 Å². The molecule has 0 radical (unpaired) electrons. The first-order chi connectivity index (χ1) is 22.1. The van der Waals surface area contributed by atoms with Gasteiger partial charge in [0, 0.05) is 22.3 Å². The summed E-state index contributed by atoms with van der Waals surface area (Å²) in [5.74, 6) is -14.8. The maximum atomic E-state index is 10.2. The van der Waals surface area contributed by atoms with Gasteiger partial charge >= 0.3 is 21.1 Å². The Hall–Kier alpha value is -6.95. The number of hydrogen-bond acceptors (Lipinski definition) is 20. The molecule has 0 fully saturated rings. The number of carbonyl (C=O) groups excluding carboxylic acids is 4. The van der Waals surface area contributed by atoms with Gasteiger partial charge in [-0.2, -0.15) is 0 Å². The molecular weight excluding hydrogens is 840 g/mol. The molecule has 12 N–H and O–H groups in total. The zero-order valence-electron chi connectivity index (χ0n) is 23.7. The fourth-order valence-corrected chi connectivity index (χ4v) is 2.89. The minimum absolute atomic E-state index is 0. The van der Waals surface area contributed by atoms with Crippen LogP contribution in [0.4, 0.5) is 0 Å². The molecule has 0 saturated heterocycles. The molecule has 21 heteroatoms. The molecule has 258 valence electrons. The molecule has 0 aliphatic rings. The van der Waals surface area contributed by atoms with E-state index in [1.807, 2.05) is 0 Å². The number of benzene rings is 4. The molecule has 4 aromatic rings. The Morgan fingerprint density at radius 1 is 0.306 bits per heavy atom. The quantitative estimate of drug-likeness (QED) is 0.0893. The molecule has 0 bridgehead atoms. The minimum atomic E-state index is -1.54. The van der Waals surface area contributed by atoms with E-state index < -0.39 is 115 Å². The Balaban J connectivity index is 0.000000623. The van der Waals surface area contributed by atoms with Crippen LogP contribution in [0.2, 0.25) is 0 Å². The van der Waals surface area contributed by atoms with Crippen molar-refractivity contribution in [3.05, 3.63) is 70.8 Å². The van der Waals surface area contributed by atoms with Crippen molar-refractivity contribution in [3.63, 3.8) is 0 Å². The standard InChI is InChI=1S/4C7H6O5.W/c4*8-4-1-3(7(11)12)2-5(9)6(4)10;/h4*1-2,8-10H,(H,11,12);/q;;;;+4/p-4. The topological polar surface area (TPSA) is 403 Å². The molecule has 0 saturated carbocycles. The molecule has 0 spiro atoms. The maximum absolute atomic E-state index is 10.2.